The van der Waals surface area contributed by atoms with Crippen molar-refractivity contribution in [3.8, 4) is 0 Å². The molecule has 2 saturated heterocycles. The van der Waals surface area contributed by atoms with Gasteiger partial charge in [-0.3, -0.25) is 4.79 Å². The third-order valence-electron chi connectivity index (χ3n) is 4.96. The van der Waals surface area contributed by atoms with Gasteiger partial charge in [-0.05, 0) is 24.3 Å². The van der Waals surface area contributed by atoms with Gasteiger partial charge in [0.2, 0.25) is 5.91 Å². The van der Waals surface area contributed by atoms with Crippen LogP contribution in [0.3, 0.4) is 0 Å². The molecule has 2 amide bonds. The molecular weight excluding hydrogens is 348 g/mol. The van der Waals surface area contributed by atoms with Crippen LogP contribution in [0.5, 0.6) is 0 Å². The van der Waals surface area contributed by atoms with Crippen LogP contribution in [0, 0.1) is 5.92 Å². The number of rotatable bonds is 6. The summed E-state index contributed by atoms with van der Waals surface area (Å²) in [6.07, 6.45) is 0.798. The van der Waals surface area contributed by atoms with Crippen molar-refractivity contribution >= 4 is 12.0 Å². The molecule has 2 atom stereocenters. The first-order chi connectivity index (χ1) is 13.1. The second kappa shape index (κ2) is 9.19. The number of benzene rings is 1. The van der Waals surface area contributed by atoms with Gasteiger partial charge in [0.1, 0.15) is 12.6 Å². The number of hydrogen-bond donors (Lipinski definition) is 1. The fraction of sp³-hybridized carbons (Fsp3) is 0.600. The Morgan fingerprint density at radius 3 is 2.59 bits per heavy atom. The minimum atomic E-state index is -0.643. The van der Waals surface area contributed by atoms with E-state index in [0.717, 1.165) is 18.4 Å². The fourth-order valence-electron chi connectivity index (χ4n) is 3.53. The van der Waals surface area contributed by atoms with Crippen LogP contribution >= 0.6 is 0 Å². The van der Waals surface area contributed by atoms with Crippen LogP contribution in [0.1, 0.15) is 32.3 Å². The van der Waals surface area contributed by atoms with Crippen LogP contribution in [0.4, 0.5) is 4.79 Å². The predicted molar refractivity (Wildman–Crippen MR) is 98.8 cm³/mol. The number of likely N-dealkylation sites (tertiary alicyclic amines) is 1. The standard InChI is InChI=1S/C20H28N2O5/c1-14(2)17(21-20(24)27-13-15-7-4-3-5-8-15)18(23)22-10-6-9-16(22)19-25-11-12-26-19/h3-5,7-8,14,16-17,19H,6,9-13H2,1-2H3,(H,21,24)/t16?,17-/m0/s1. The minimum Gasteiger partial charge on any atom is -0.445 e. The van der Waals surface area contributed by atoms with E-state index in [-0.39, 0.29) is 30.8 Å². The summed E-state index contributed by atoms with van der Waals surface area (Å²) in [4.78, 5) is 27.1. The van der Waals surface area contributed by atoms with Gasteiger partial charge in [0.25, 0.3) is 0 Å². The lowest BCUT2D eigenvalue weighted by Gasteiger charge is -2.32. The van der Waals surface area contributed by atoms with Crippen LogP contribution in [-0.4, -0.2) is 55.0 Å². The Labute approximate surface area is 160 Å². The molecule has 148 valence electrons. The summed E-state index contributed by atoms with van der Waals surface area (Å²) in [6.45, 7) is 5.75. The number of amides is 2. The maximum atomic E-state index is 13.1. The summed E-state index contributed by atoms with van der Waals surface area (Å²) < 4.78 is 16.5. The second-order valence-corrected chi connectivity index (χ2v) is 7.28. The van der Waals surface area contributed by atoms with Crippen molar-refractivity contribution in [2.75, 3.05) is 19.8 Å². The number of ether oxygens (including phenoxy) is 3. The van der Waals surface area contributed by atoms with Gasteiger partial charge in [0.05, 0.1) is 19.3 Å². The topological polar surface area (TPSA) is 77.1 Å². The van der Waals surface area contributed by atoms with Gasteiger partial charge in [-0.2, -0.15) is 0 Å². The number of nitrogens with one attached hydrogen (secondary N) is 1. The summed E-state index contributed by atoms with van der Waals surface area (Å²) in [5.41, 5.74) is 0.898. The lowest BCUT2D eigenvalue weighted by molar-refractivity contribution is -0.145. The molecule has 0 spiro atoms. The zero-order valence-corrected chi connectivity index (χ0v) is 15.9. The van der Waals surface area contributed by atoms with Crippen LogP contribution in [0.2, 0.25) is 0 Å². The lowest BCUT2D eigenvalue weighted by atomic mass is 10.0. The average molecular weight is 376 g/mol. The smallest absolute Gasteiger partial charge is 0.408 e. The molecule has 1 N–H and O–H groups in total. The Morgan fingerprint density at radius 2 is 1.93 bits per heavy atom. The van der Waals surface area contributed by atoms with Gasteiger partial charge in [-0.1, -0.05) is 44.2 Å². The van der Waals surface area contributed by atoms with Crippen LogP contribution in [0.25, 0.3) is 0 Å². The highest BCUT2D eigenvalue weighted by Crippen LogP contribution is 2.26. The number of carbonyl (C=O) groups is 2. The molecule has 7 heteroatoms. The summed E-state index contributed by atoms with van der Waals surface area (Å²) in [5.74, 6) is -0.170. The molecule has 3 rings (SSSR count). The van der Waals surface area contributed by atoms with Gasteiger partial charge in [0, 0.05) is 6.54 Å². The Balaban J connectivity index is 1.58. The normalized spacial score (nSPS) is 21.4. The largest absolute Gasteiger partial charge is 0.445 e. The summed E-state index contributed by atoms with van der Waals surface area (Å²) in [6, 6.07) is 8.71. The number of carbonyl (C=O) groups excluding carboxylic acids is 2. The molecule has 2 aliphatic heterocycles. The van der Waals surface area contributed by atoms with Crippen LogP contribution in [-0.2, 0) is 25.6 Å². The average Bonchev–Trinajstić information content (AvgIpc) is 3.35. The van der Waals surface area contributed by atoms with Gasteiger partial charge in [-0.25, -0.2) is 4.79 Å². The Bertz CT molecular complexity index is 631. The van der Waals surface area contributed by atoms with Gasteiger partial charge >= 0.3 is 6.09 Å². The molecule has 0 bridgehead atoms. The monoisotopic (exact) mass is 376 g/mol. The quantitative estimate of drug-likeness (QED) is 0.824. The van der Waals surface area contributed by atoms with E-state index in [2.05, 4.69) is 5.32 Å². The van der Waals surface area contributed by atoms with Crippen molar-refractivity contribution in [3.05, 3.63) is 35.9 Å². The molecule has 1 unspecified atom stereocenters. The first-order valence-electron chi connectivity index (χ1n) is 9.57. The van der Waals surface area contributed by atoms with E-state index in [1.165, 1.54) is 0 Å². The van der Waals surface area contributed by atoms with Crippen molar-refractivity contribution in [1.82, 2.24) is 10.2 Å². The molecule has 27 heavy (non-hydrogen) atoms. The minimum absolute atomic E-state index is 0.0616. The molecule has 0 saturated carbocycles. The van der Waals surface area contributed by atoms with Crippen molar-refractivity contribution in [1.29, 1.82) is 0 Å². The Morgan fingerprint density at radius 1 is 1.22 bits per heavy atom. The highest BCUT2D eigenvalue weighted by Gasteiger charge is 2.41. The lowest BCUT2D eigenvalue weighted by Crippen LogP contribution is -2.54. The highest BCUT2D eigenvalue weighted by molar-refractivity contribution is 5.86. The third-order valence-corrected chi connectivity index (χ3v) is 4.96. The van der Waals surface area contributed by atoms with Crippen LogP contribution < -0.4 is 5.32 Å². The van der Waals surface area contributed by atoms with E-state index >= 15 is 0 Å². The SMILES string of the molecule is CC(C)[C@H](NC(=O)OCc1ccccc1)C(=O)N1CCCC1C1OCCO1. The van der Waals surface area contributed by atoms with Crippen molar-refractivity contribution in [3.63, 3.8) is 0 Å². The highest BCUT2D eigenvalue weighted by atomic mass is 16.7. The maximum absolute atomic E-state index is 13.1. The number of nitrogens with zero attached hydrogens (tertiary/aromatic N) is 1. The molecule has 0 radical (unpaired) electrons. The van der Waals surface area contributed by atoms with Gasteiger partial charge in [0.15, 0.2) is 6.29 Å². The first-order valence-corrected chi connectivity index (χ1v) is 9.57. The van der Waals surface area contributed by atoms with E-state index < -0.39 is 12.1 Å². The van der Waals surface area contributed by atoms with E-state index in [0.29, 0.717) is 19.8 Å². The summed E-state index contributed by atoms with van der Waals surface area (Å²) >= 11 is 0. The van der Waals surface area contributed by atoms with Crippen molar-refractivity contribution in [2.24, 2.45) is 5.92 Å². The summed E-state index contributed by atoms with van der Waals surface area (Å²) in [5, 5.41) is 2.74. The second-order valence-electron chi connectivity index (χ2n) is 7.28. The summed E-state index contributed by atoms with van der Waals surface area (Å²) in [7, 11) is 0. The third kappa shape index (κ3) is 4.99. The molecule has 1 aromatic carbocycles. The molecule has 2 heterocycles. The Kier molecular flexibility index (Phi) is 6.68. The molecule has 0 aromatic heterocycles. The number of alkyl carbamates (subject to hydrolysis) is 1. The first kappa shape index (κ1) is 19.6. The number of hydrogen-bond acceptors (Lipinski definition) is 5. The zero-order chi connectivity index (χ0) is 19.2. The van der Waals surface area contributed by atoms with Gasteiger partial charge in [-0.15, -0.1) is 0 Å². The van der Waals surface area contributed by atoms with E-state index in [9.17, 15) is 9.59 Å². The van der Waals surface area contributed by atoms with E-state index in [1.807, 2.05) is 44.2 Å². The van der Waals surface area contributed by atoms with Gasteiger partial charge < -0.3 is 24.4 Å². The van der Waals surface area contributed by atoms with Crippen molar-refractivity contribution in [2.45, 2.75) is 51.7 Å². The molecule has 1 aromatic rings. The van der Waals surface area contributed by atoms with E-state index in [1.54, 1.807) is 4.90 Å². The molecule has 2 aliphatic rings. The zero-order valence-electron chi connectivity index (χ0n) is 15.9. The molecule has 2 fully saturated rings. The molecular formula is C20H28N2O5. The van der Waals surface area contributed by atoms with Crippen molar-refractivity contribution < 1.29 is 23.8 Å². The van der Waals surface area contributed by atoms with Crippen LogP contribution in [0.15, 0.2) is 30.3 Å². The molecule has 0 aliphatic carbocycles. The maximum Gasteiger partial charge on any atom is 0.408 e. The molecule has 7 nitrogen and oxygen atoms in total. The predicted octanol–water partition coefficient (Wildman–Crippen LogP) is 2.30. The Hall–Kier alpha value is -2.12. The van der Waals surface area contributed by atoms with E-state index in [4.69, 9.17) is 14.2 Å². The fourth-order valence-corrected chi connectivity index (χ4v) is 3.53.